The van der Waals surface area contributed by atoms with Gasteiger partial charge in [-0.05, 0) is 18.4 Å². The van der Waals surface area contributed by atoms with E-state index in [9.17, 15) is 8.42 Å². The van der Waals surface area contributed by atoms with Crippen LogP contribution in [0.3, 0.4) is 0 Å². The summed E-state index contributed by atoms with van der Waals surface area (Å²) in [5.41, 5.74) is 0.679. The maximum absolute atomic E-state index is 12.4. The predicted molar refractivity (Wildman–Crippen MR) is 74.7 cm³/mol. The van der Waals surface area contributed by atoms with E-state index in [-0.39, 0.29) is 4.90 Å². The first kappa shape index (κ1) is 12.7. The fourth-order valence-electron chi connectivity index (χ4n) is 2.01. The van der Waals surface area contributed by atoms with Gasteiger partial charge in [-0.1, -0.05) is 36.4 Å². The van der Waals surface area contributed by atoms with Crippen LogP contribution in [0.25, 0.3) is 10.8 Å². The van der Waals surface area contributed by atoms with Gasteiger partial charge in [0.2, 0.25) is 0 Å². The highest BCUT2D eigenvalue weighted by molar-refractivity contribution is 7.87. The smallest absolute Gasteiger partial charge is 0.283 e. The molecule has 0 aliphatic rings. The van der Waals surface area contributed by atoms with Gasteiger partial charge in [0, 0.05) is 5.39 Å². The number of rotatable bonds is 3. The molecule has 0 atom stereocenters. The first-order chi connectivity index (χ1) is 9.56. The van der Waals surface area contributed by atoms with Crippen molar-refractivity contribution in [2.75, 3.05) is 0 Å². The van der Waals surface area contributed by atoms with Crippen LogP contribution in [0.4, 0.5) is 0 Å². The number of fused-ring (bicyclic) bond motifs is 1. The Morgan fingerprint density at radius 3 is 2.60 bits per heavy atom. The van der Waals surface area contributed by atoms with Crippen LogP contribution in [0.2, 0.25) is 0 Å². The van der Waals surface area contributed by atoms with Gasteiger partial charge in [-0.3, -0.25) is 4.28 Å². The van der Waals surface area contributed by atoms with Crippen molar-refractivity contribution >= 4 is 20.9 Å². The molecule has 0 fully saturated rings. The molecule has 3 aromatic rings. The van der Waals surface area contributed by atoms with Crippen molar-refractivity contribution in [1.29, 1.82) is 0 Å². The van der Waals surface area contributed by atoms with Gasteiger partial charge in [-0.25, -0.2) is 4.98 Å². The van der Waals surface area contributed by atoms with Gasteiger partial charge in [0.05, 0.1) is 11.9 Å². The second-order valence-electron chi connectivity index (χ2n) is 4.38. The molecule has 3 rings (SSSR count). The molecule has 1 aromatic heterocycles. The zero-order valence-corrected chi connectivity index (χ0v) is 11.5. The van der Waals surface area contributed by atoms with E-state index in [2.05, 4.69) is 4.98 Å². The number of nitrogens with zero attached hydrogens (tertiary/aromatic N) is 2. The second kappa shape index (κ2) is 4.64. The number of benzene rings is 2. The average Bonchev–Trinajstić information content (AvgIpc) is 2.82. The van der Waals surface area contributed by atoms with Crippen LogP contribution in [0.5, 0.6) is 0 Å². The molecular formula is C14H12N2O3S. The van der Waals surface area contributed by atoms with Crippen LogP contribution in [0.1, 0.15) is 5.69 Å². The van der Waals surface area contributed by atoms with Gasteiger partial charge in [0.25, 0.3) is 0 Å². The average molecular weight is 288 g/mol. The summed E-state index contributed by atoms with van der Waals surface area (Å²) in [6, 6.07) is 12.3. The van der Waals surface area contributed by atoms with E-state index in [4.69, 9.17) is 4.28 Å². The molecule has 0 amide bonds. The maximum atomic E-state index is 12.4. The molecule has 0 saturated carbocycles. The lowest BCUT2D eigenvalue weighted by Crippen LogP contribution is -2.19. The molecule has 5 nitrogen and oxygen atoms in total. The molecule has 0 saturated heterocycles. The predicted octanol–water partition coefficient (Wildman–Crippen LogP) is 2.16. The molecule has 102 valence electrons. The van der Waals surface area contributed by atoms with Crippen LogP contribution in [-0.2, 0) is 10.1 Å². The Bertz CT molecular complexity index is 864. The highest BCUT2D eigenvalue weighted by Crippen LogP contribution is 2.23. The lowest BCUT2D eigenvalue weighted by atomic mass is 10.1. The zero-order valence-electron chi connectivity index (χ0n) is 10.7. The topological polar surface area (TPSA) is 61.2 Å². The highest BCUT2D eigenvalue weighted by atomic mass is 32.2. The van der Waals surface area contributed by atoms with Crippen LogP contribution in [-0.4, -0.2) is 18.1 Å². The van der Waals surface area contributed by atoms with E-state index < -0.39 is 10.1 Å². The van der Waals surface area contributed by atoms with Crippen molar-refractivity contribution in [2.45, 2.75) is 11.8 Å². The standard InChI is InChI=1S/C14H12N2O3S/c1-11-9-16(10-15-11)19-20(17,18)14-8-4-6-12-5-2-3-7-13(12)14/h2-10H,1H3. The van der Waals surface area contributed by atoms with E-state index in [0.717, 1.165) is 10.1 Å². The highest BCUT2D eigenvalue weighted by Gasteiger charge is 2.19. The largest absolute Gasteiger partial charge is 0.357 e. The van der Waals surface area contributed by atoms with E-state index in [0.29, 0.717) is 11.1 Å². The maximum Gasteiger partial charge on any atom is 0.357 e. The summed E-state index contributed by atoms with van der Waals surface area (Å²) in [5, 5.41) is 1.48. The number of hydrogen-bond acceptors (Lipinski definition) is 4. The number of imidazole rings is 1. The van der Waals surface area contributed by atoms with Gasteiger partial charge in [-0.15, -0.1) is 0 Å². The molecule has 1 heterocycles. The first-order valence-corrected chi connectivity index (χ1v) is 7.40. The molecule has 0 unspecified atom stereocenters. The zero-order chi connectivity index (χ0) is 14.2. The lowest BCUT2D eigenvalue weighted by Gasteiger charge is -2.08. The molecule has 0 bridgehead atoms. The summed E-state index contributed by atoms with van der Waals surface area (Å²) >= 11 is 0. The fourth-order valence-corrected chi connectivity index (χ4v) is 3.10. The first-order valence-electron chi connectivity index (χ1n) is 5.99. The molecule has 0 aliphatic heterocycles. The molecule has 0 radical (unpaired) electrons. The summed E-state index contributed by atoms with van der Waals surface area (Å²) in [7, 11) is -3.90. The SMILES string of the molecule is Cc1cn(OS(=O)(=O)c2cccc3ccccc23)cn1. The molecular weight excluding hydrogens is 276 g/mol. The quantitative estimate of drug-likeness (QED) is 0.741. The molecule has 6 heteroatoms. The Balaban J connectivity index is 2.09. The Labute approximate surface area is 116 Å². The molecule has 20 heavy (non-hydrogen) atoms. The third-order valence-corrected chi connectivity index (χ3v) is 4.16. The van der Waals surface area contributed by atoms with E-state index in [1.165, 1.54) is 18.6 Å². The van der Waals surface area contributed by atoms with Crippen molar-refractivity contribution in [1.82, 2.24) is 9.71 Å². The second-order valence-corrected chi connectivity index (χ2v) is 5.88. The van der Waals surface area contributed by atoms with Crippen LogP contribution >= 0.6 is 0 Å². The minimum absolute atomic E-state index is 0.141. The lowest BCUT2D eigenvalue weighted by molar-refractivity contribution is 0.279. The Morgan fingerprint density at radius 2 is 1.85 bits per heavy atom. The summed E-state index contributed by atoms with van der Waals surface area (Å²) in [6.07, 6.45) is 2.82. The molecule has 0 aliphatic carbocycles. The van der Waals surface area contributed by atoms with E-state index in [1.54, 1.807) is 25.1 Å². The third kappa shape index (κ3) is 2.25. The van der Waals surface area contributed by atoms with Gasteiger partial charge < -0.3 is 0 Å². The Hall–Kier alpha value is -2.34. The third-order valence-electron chi connectivity index (χ3n) is 2.89. The van der Waals surface area contributed by atoms with Gasteiger partial charge in [0.1, 0.15) is 11.2 Å². The van der Waals surface area contributed by atoms with Gasteiger partial charge in [0.15, 0.2) is 0 Å². The van der Waals surface area contributed by atoms with Crippen LogP contribution in [0.15, 0.2) is 59.9 Å². The Morgan fingerprint density at radius 1 is 1.10 bits per heavy atom. The van der Waals surface area contributed by atoms with Crippen molar-refractivity contribution in [3.8, 4) is 0 Å². The van der Waals surface area contributed by atoms with Crippen molar-refractivity contribution in [2.24, 2.45) is 0 Å². The summed E-state index contributed by atoms with van der Waals surface area (Å²) in [4.78, 5) is 4.07. The molecule has 2 aromatic carbocycles. The van der Waals surface area contributed by atoms with Crippen LogP contribution < -0.4 is 4.28 Å². The summed E-state index contributed by atoms with van der Waals surface area (Å²) in [6.45, 7) is 1.75. The minimum atomic E-state index is -3.90. The molecule has 0 spiro atoms. The fraction of sp³-hybridized carbons (Fsp3) is 0.0714. The Kier molecular flexibility index (Phi) is 2.94. The summed E-state index contributed by atoms with van der Waals surface area (Å²) in [5.74, 6) is 0. The van der Waals surface area contributed by atoms with Crippen molar-refractivity contribution < 1.29 is 12.7 Å². The van der Waals surface area contributed by atoms with Crippen molar-refractivity contribution in [3.63, 3.8) is 0 Å². The normalized spacial score (nSPS) is 11.7. The minimum Gasteiger partial charge on any atom is -0.283 e. The van der Waals surface area contributed by atoms with Gasteiger partial charge >= 0.3 is 10.1 Å². The van der Waals surface area contributed by atoms with E-state index in [1.807, 2.05) is 18.2 Å². The summed E-state index contributed by atoms with van der Waals surface area (Å²) < 4.78 is 30.8. The van der Waals surface area contributed by atoms with Crippen molar-refractivity contribution in [3.05, 3.63) is 60.7 Å². The van der Waals surface area contributed by atoms with E-state index >= 15 is 0 Å². The van der Waals surface area contributed by atoms with Crippen LogP contribution in [0, 0.1) is 6.92 Å². The van der Waals surface area contributed by atoms with Gasteiger partial charge in [-0.2, -0.15) is 13.1 Å². The number of aryl methyl sites for hydroxylation is 1. The number of aromatic nitrogens is 2. The number of hydrogen-bond donors (Lipinski definition) is 0. The monoisotopic (exact) mass is 288 g/mol. The molecule has 0 N–H and O–H groups in total.